The Morgan fingerprint density at radius 2 is 1.63 bits per heavy atom. The maximum Gasteiger partial charge on any atom is 0.205 e. The van der Waals surface area contributed by atoms with E-state index in [1.54, 1.807) is 12.1 Å². The van der Waals surface area contributed by atoms with E-state index >= 15 is 0 Å². The van der Waals surface area contributed by atoms with Crippen molar-refractivity contribution in [1.29, 1.82) is 5.26 Å². The highest BCUT2D eigenvalue weighted by Crippen LogP contribution is 2.44. The maximum atomic E-state index is 13.7. The lowest BCUT2D eigenvalue weighted by Gasteiger charge is -2.29. The van der Waals surface area contributed by atoms with Crippen molar-refractivity contribution in [3.63, 3.8) is 0 Å². The Morgan fingerprint density at radius 1 is 0.967 bits per heavy atom. The first-order valence-corrected chi connectivity index (χ1v) is 10.1. The second-order valence-corrected chi connectivity index (χ2v) is 7.70. The molecule has 0 amide bonds. The number of carbonyl (C=O) groups is 1. The van der Waals surface area contributed by atoms with E-state index in [0.717, 1.165) is 15.6 Å². The van der Waals surface area contributed by atoms with Gasteiger partial charge in [-0.25, -0.2) is 0 Å². The minimum absolute atomic E-state index is 0.00550. The summed E-state index contributed by atoms with van der Waals surface area (Å²) in [5.74, 6) is -0.485. The van der Waals surface area contributed by atoms with Gasteiger partial charge in [-0.1, -0.05) is 88.7 Å². The largest absolute Gasteiger partial charge is 0.439 e. The summed E-state index contributed by atoms with van der Waals surface area (Å²) in [5, 5.41) is 9.88. The van der Waals surface area contributed by atoms with Gasteiger partial charge in [0.05, 0.1) is 11.5 Å². The monoisotopic (exact) mass is 456 g/mol. The molecule has 0 spiro atoms. The fourth-order valence-electron chi connectivity index (χ4n) is 3.56. The smallest absolute Gasteiger partial charge is 0.205 e. The van der Waals surface area contributed by atoms with Gasteiger partial charge in [-0.05, 0) is 17.7 Å². The quantitative estimate of drug-likeness (QED) is 0.521. The molecule has 3 aromatic rings. The molecule has 3 aromatic carbocycles. The van der Waals surface area contributed by atoms with Crippen LogP contribution in [0.3, 0.4) is 0 Å². The first kappa shape index (κ1) is 19.7. The Hall–Kier alpha value is -3.62. The van der Waals surface area contributed by atoms with Crippen molar-refractivity contribution in [3.05, 3.63) is 123 Å². The number of nitrogens with zero attached hydrogens (tertiary/aromatic N) is 1. The molecule has 0 saturated heterocycles. The molecule has 0 radical (unpaired) electrons. The molecule has 4 rings (SSSR count). The number of rotatable bonds is 4. The predicted octanol–water partition coefficient (Wildman–Crippen LogP) is 5.55. The van der Waals surface area contributed by atoms with Gasteiger partial charge in [-0.15, -0.1) is 0 Å². The molecule has 4 nitrogen and oxygen atoms in total. The number of ether oxygens (including phenoxy) is 1. The summed E-state index contributed by atoms with van der Waals surface area (Å²) < 4.78 is 6.74. The van der Waals surface area contributed by atoms with Crippen molar-refractivity contribution >= 4 is 27.5 Å². The van der Waals surface area contributed by atoms with Crippen LogP contribution in [0.5, 0.6) is 0 Å². The summed E-state index contributed by atoms with van der Waals surface area (Å²) in [6.45, 7) is 0. The number of benzene rings is 3. The maximum absolute atomic E-state index is 13.7. The van der Waals surface area contributed by atoms with E-state index < -0.39 is 5.92 Å². The Bertz CT molecular complexity index is 1210. The standard InChI is InChI=1S/C25H17BrN2O2/c26-19-13-7-12-18(14-19)21-20(15-27)25(28)30-24(17-10-5-2-6-11-17)22(21)23(29)16-8-3-1-4-9-16/h1-14,21H,28H2. The number of hydrogen-bond acceptors (Lipinski definition) is 4. The lowest BCUT2D eigenvalue weighted by atomic mass is 9.79. The lowest BCUT2D eigenvalue weighted by molar-refractivity contribution is 0.102. The molecule has 0 bridgehead atoms. The minimum atomic E-state index is -0.649. The zero-order valence-corrected chi connectivity index (χ0v) is 17.5. The van der Waals surface area contributed by atoms with E-state index in [1.807, 2.05) is 72.8 Å². The Labute approximate surface area is 183 Å². The Balaban J connectivity index is 2.01. The van der Waals surface area contributed by atoms with Crippen molar-refractivity contribution in [1.82, 2.24) is 0 Å². The molecule has 0 aliphatic carbocycles. The number of carbonyl (C=O) groups excluding carboxylic acids is 1. The van der Waals surface area contributed by atoms with Gasteiger partial charge in [-0.2, -0.15) is 5.26 Å². The van der Waals surface area contributed by atoms with Crippen LogP contribution in [-0.4, -0.2) is 5.78 Å². The van der Waals surface area contributed by atoms with Crippen LogP contribution in [0.1, 0.15) is 27.4 Å². The van der Waals surface area contributed by atoms with Gasteiger partial charge in [0.25, 0.3) is 0 Å². The zero-order valence-electron chi connectivity index (χ0n) is 15.9. The average Bonchev–Trinajstić information content (AvgIpc) is 2.79. The van der Waals surface area contributed by atoms with Gasteiger partial charge in [-0.3, -0.25) is 4.79 Å². The van der Waals surface area contributed by atoms with E-state index in [1.165, 1.54) is 0 Å². The molecule has 0 fully saturated rings. The topological polar surface area (TPSA) is 76.1 Å². The van der Waals surface area contributed by atoms with Gasteiger partial charge in [0.1, 0.15) is 17.4 Å². The van der Waals surface area contributed by atoms with Crippen LogP contribution in [0.15, 0.2) is 106 Å². The predicted molar refractivity (Wildman–Crippen MR) is 119 cm³/mol. The normalized spacial score (nSPS) is 16.1. The number of allylic oxidation sites excluding steroid dienone is 2. The molecule has 2 N–H and O–H groups in total. The summed E-state index contributed by atoms with van der Waals surface area (Å²) in [7, 11) is 0. The van der Waals surface area contributed by atoms with Crippen molar-refractivity contribution < 1.29 is 9.53 Å². The van der Waals surface area contributed by atoms with Crippen LogP contribution in [0, 0.1) is 11.3 Å². The number of hydrogen-bond donors (Lipinski definition) is 1. The number of ketones is 1. The summed E-state index contributed by atoms with van der Waals surface area (Å²) in [4.78, 5) is 13.7. The fraction of sp³-hybridized carbons (Fsp3) is 0.0400. The molecule has 1 aliphatic rings. The molecule has 1 heterocycles. The van der Waals surface area contributed by atoms with Crippen molar-refractivity contribution in [2.24, 2.45) is 5.73 Å². The third kappa shape index (κ3) is 3.66. The Morgan fingerprint density at radius 3 is 2.27 bits per heavy atom. The molecular formula is C25H17BrN2O2. The van der Waals surface area contributed by atoms with Crippen LogP contribution in [0.25, 0.3) is 5.76 Å². The second-order valence-electron chi connectivity index (χ2n) is 6.78. The third-order valence-electron chi connectivity index (χ3n) is 4.92. The number of nitriles is 1. The number of halogens is 1. The highest BCUT2D eigenvalue weighted by Gasteiger charge is 2.37. The van der Waals surface area contributed by atoms with E-state index in [2.05, 4.69) is 22.0 Å². The molecule has 30 heavy (non-hydrogen) atoms. The fourth-order valence-corrected chi connectivity index (χ4v) is 3.98. The molecule has 1 atom stereocenters. The number of nitrogens with two attached hydrogens (primary N) is 1. The van der Waals surface area contributed by atoms with Crippen molar-refractivity contribution in [2.45, 2.75) is 5.92 Å². The summed E-state index contributed by atoms with van der Waals surface area (Å²) in [5.41, 5.74) is 8.77. The molecule has 0 aromatic heterocycles. The molecule has 1 aliphatic heterocycles. The number of Topliss-reactive ketones (excluding diaryl/α,β-unsaturated/α-hetero) is 1. The van der Waals surface area contributed by atoms with E-state index in [9.17, 15) is 10.1 Å². The van der Waals surface area contributed by atoms with Gasteiger partial charge < -0.3 is 10.5 Å². The van der Waals surface area contributed by atoms with Gasteiger partial charge in [0.2, 0.25) is 5.88 Å². The second kappa shape index (κ2) is 8.40. The molecule has 146 valence electrons. The SMILES string of the molecule is N#CC1=C(N)OC(c2ccccc2)=C(C(=O)c2ccccc2)C1c1cccc(Br)c1. The van der Waals surface area contributed by atoms with E-state index in [0.29, 0.717) is 16.9 Å². The van der Waals surface area contributed by atoms with Crippen molar-refractivity contribution in [2.75, 3.05) is 0 Å². The summed E-state index contributed by atoms with van der Waals surface area (Å²) >= 11 is 3.49. The van der Waals surface area contributed by atoms with Gasteiger partial charge in [0.15, 0.2) is 5.78 Å². The van der Waals surface area contributed by atoms with Crippen molar-refractivity contribution in [3.8, 4) is 6.07 Å². The summed E-state index contributed by atoms with van der Waals surface area (Å²) in [6.07, 6.45) is 0. The van der Waals surface area contributed by atoms with Crippen LogP contribution in [0.4, 0.5) is 0 Å². The third-order valence-corrected chi connectivity index (χ3v) is 5.41. The minimum Gasteiger partial charge on any atom is -0.439 e. The average molecular weight is 457 g/mol. The molecule has 1 unspecified atom stereocenters. The van der Waals surface area contributed by atoms with Gasteiger partial charge in [0, 0.05) is 15.6 Å². The first-order valence-electron chi connectivity index (χ1n) is 9.32. The highest BCUT2D eigenvalue weighted by molar-refractivity contribution is 9.10. The Kier molecular flexibility index (Phi) is 5.51. The van der Waals surface area contributed by atoms with E-state index in [-0.39, 0.29) is 17.2 Å². The van der Waals surface area contributed by atoms with Crippen LogP contribution in [-0.2, 0) is 4.74 Å². The van der Waals surface area contributed by atoms with Crippen LogP contribution >= 0.6 is 15.9 Å². The first-order chi connectivity index (χ1) is 14.6. The highest BCUT2D eigenvalue weighted by atomic mass is 79.9. The molecule has 0 saturated carbocycles. The van der Waals surface area contributed by atoms with Crippen LogP contribution in [0.2, 0.25) is 0 Å². The zero-order chi connectivity index (χ0) is 21.1. The molecular weight excluding hydrogens is 440 g/mol. The molecule has 5 heteroatoms. The lowest BCUT2D eigenvalue weighted by Crippen LogP contribution is -2.24. The van der Waals surface area contributed by atoms with E-state index in [4.69, 9.17) is 10.5 Å². The van der Waals surface area contributed by atoms with Gasteiger partial charge >= 0.3 is 0 Å². The van der Waals surface area contributed by atoms with Crippen LogP contribution < -0.4 is 5.73 Å². The summed E-state index contributed by atoms with van der Waals surface area (Å²) in [6, 6.07) is 28.0.